The second-order valence-corrected chi connectivity index (χ2v) is 13.4. The van der Waals surface area contributed by atoms with Crippen LogP contribution in [0.1, 0.15) is 54.0 Å². The van der Waals surface area contributed by atoms with Gasteiger partial charge in [-0.3, -0.25) is 0 Å². The molecule has 0 N–H and O–H groups in total. The minimum Gasteiger partial charge on any atom is -0.0918 e. The standard InChI is InChI=1S/C38H34I2/c1-25-9-4-3-5-11-29-22-32-23-31(18-20-35(32)38(40)34(29)19-15-25)33-13-7-6-10-27-21-30-12-8-14-37(39)36(30)24-28(27)17-16-26(33)2/h3-5,8-9,12-21,23-24,26,29H,1,6-7,10-11,22H2,2H3/b5-3-,9-4-,17-16-,19-15?,33-13+. The summed E-state index contributed by atoms with van der Waals surface area (Å²) in [7, 11) is 0. The van der Waals surface area contributed by atoms with Gasteiger partial charge in [0, 0.05) is 7.15 Å². The molecule has 40 heavy (non-hydrogen) atoms. The maximum absolute atomic E-state index is 4.18. The van der Waals surface area contributed by atoms with E-state index in [0.717, 1.165) is 31.3 Å². The molecule has 0 saturated heterocycles. The second-order valence-electron chi connectivity index (χ2n) is 11.2. The van der Waals surface area contributed by atoms with Gasteiger partial charge in [-0.15, -0.1) is 0 Å². The first kappa shape index (κ1) is 27.7. The van der Waals surface area contributed by atoms with Gasteiger partial charge in [-0.05, 0) is 157 Å². The molecular formula is C38H34I2. The summed E-state index contributed by atoms with van der Waals surface area (Å²) in [5.74, 6) is 0.839. The van der Waals surface area contributed by atoms with Crippen LogP contribution in [-0.4, -0.2) is 0 Å². The van der Waals surface area contributed by atoms with Crippen LogP contribution in [0.5, 0.6) is 0 Å². The summed E-state index contributed by atoms with van der Waals surface area (Å²) in [6.07, 6.45) is 25.9. The van der Waals surface area contributed by atoms with Crippen LogP contribution in [0.3, 0.4) is 0 Å². The van der Waals surface area contributed by atoms with Crippen LogP contribution in [0.2, 0.25) is 0 Å². The quantitative estimate of drug-likeness (QED) is 0.218. The number of halogens is 2. The van der Waals surface area contributed by atoms with Crippen LogP contribution >= 0.6 is 45.2 Å². The Hall–Kier alpha value is -2.44. The van der Waals surface area contributed by atoms with Crippen molar-refractivity contribution >= 4 is 71.2 Å². The van der Waals surface area contributed by atoms with E-state index in [4.69, 9.17) is 0 Å². The fourth-order valence-electron chi connectivity index (χ4n) is 6.23. The van der Waals surface area contributed by atoms with Gasteiger partial charge in [-0.25, -0.2) is 0 Å². The molecule has 6 rings (SSSR count). The summed E-state index contributed by atoms with van der Waals surface area (Å²) in [5.41, 5.74) is 11.0. The van der Waals surface area contributed by atoms with Crippen molar-refractivity contribution in [2.75, 3.05) is 0 Å². The molecule has 0 aromatic heterocycles. The first-order chi connectivity index (χ1) is 19.5. The highest BCUT2D eigenvalue weighted by Gasteiger charge is 2.25. The highest BCUT2D eigenvalue weighted by molar-refractivity contribution is 14.1. The number of fused-ring (bicyclic) bond motifs is 4. The van der Waals surface area contributed by atoms with E-state index in [9.17, 15) is 0 Å². The first-order valence-corrected chi connectivity index (χ1v) is 16.5. The van der Waals surface area contributed by atoms with Gasteiger partial charge >= 0.3 is 0 Å². The summed E-state index contributed by atoms with van der Waals surface area (Å²) in [6, 6.07) is 18.6. The summed E-state index contributed by atoms with van der Waals surface area (Å²) in [4.78, 5) is 0. The van der Waals surface area contributed by atoms with Gasteiger partial charge in [-0.1, -0.05) is 105 Å². The van der Waals surface area contributed by atoms with Crippen LogP contribution in [0.15, 0.2) is 115 Å². The van der Waals surface area contributed by atoms with E-state index < -0.39 is 0 Å². The molecule has 0 saturated carbocycles. The Kier molecular flexibility index (Phi) is 8.45. The molecule has 3 aromatic carbocycles. The zero-order valence-corrected chi connectivity index (χ0v) is 27.3. The maximum atomic E-state index is 4.18. The molecule has 3 aromatic rings. The Morgan fingerprint density at radius 3 is 2.70 bits per heavy atom. The highest BCUT2D eigenvalue weighted by Crippen LogP contribution is 2.43. The molecular weight excluding hydrogens is 710 g/mol. The number of hydrogen-bond acceptors (Lipinski definition) is 0. The lowest BCUT2D eigenvalue weighted by Gasteiger charge is -2.28. The van der Waals surface area contributed by atoms with E-state index >= 15 is 0 Å². The number of rotatable bonds is 1. The molecule has 0 amide bonds. The minimum atomic E-state index is 0.348. The first-order valence-electron chi connectivity index (χ1n) is 14.3. The van der Waals surface area contributed by atoms with Gasteiger partial charge in [-0.2, -0.15) is 0 Å². The zero-order valence-electron chi connectivity index (χ0n) is 23.0. The largest absolute Gasteiger partial charge is 0.0918 e. The predicted molar refractivity (Wildman–Crippen MR) is 192 cm³/mol. The van der Waals surface area contributed by atoms with Gasteiger partial charge in [0.1, 0.15) is 0 Å². The average molecular weight is 744 g/mol. The van der Waals surface area contributed by atoms with Crippen molar-refractivity contribution < 1.29 is 0 Å². The van der Waals surface area contributed by atoms with Crippen molar-refractivity contribution in [2.24, 2.45) is 11.8 Å². The van der Waals surface area contributed by atoms with Crippen LogP contribution in [0, 0.1) is 15.4 Å². The SMILES string of the molecule is C=C1C=CC2=C(I)c3ccc(/C4=C/CCCc5cc6cccc(I)c6cc5/C=C\C4C)cc3CC2C/C=C\C=C/1. The van der Waals surface area contributed by atoms with E-state index in [-0.39, 0.29) is 0 Å². The number of hydrogen-bond donors (Lipinski definition) is 0. The monoisotopic (exact) mass is 744 g/mol. The van der Waals surface area contributed by atoms with E-state index in [1.54, 1.807) is 0 Å². The Labute approximate surface area is 266 Å². The molecule has 2 unspecified atom stereocenters. The smallest absolute Gasteiger partial charge is 0.0240 e. The minimum absolute atomic E-state index is 0.348. The van der Waals surface area contributed by atoms with E-state index in [1.807, 2.05) is 0 Å². The van der Waals surface area contributed by atoms with Gasteiger partial charge in [0.25, 0.3) is 0 Å². The third-order valence-electron chi connectivity index (χ3n) is 8.45. The zero-order chi connectivity index (χ0) is 27.6. The van der Waals surface area contributed by atoms with Crippen molar-refractivity contribution in [3.8, 4) is 0 Å². The summed E-state index contributed by atoms with van der Waals surface area (Å²) in [5, 5.41) is 2.71. The predicted octanol–water partition coefficient (Wildman–Crippen LogP) is 11.5. The van der Waals surface area contributed by atoms with Crippen molar-refractivity contribution in [2.45, 2.75) is 39.0 Å². The lowest BCUT2D eigenvalue weighted by molar-refractivity contribution is 0.627. The lowest BCUT2D eigenvalue weighted by Crippen LogP contribution is -2.14. The van der Waals surface area contributed by atoms with Crippen molar-refractivity contribution in [1.29, 1.82) is 0 Å². The summed E-state index contributed by atoms with van der Waals surface area (Å²) < 4.78 is 2.70. The topological polar surface area (TPSA) is 0 Å². The lowest BCUT2D eigenvalue weighted by atomic mass is 9.79. The van der Waals surface area contributed by atoms with Crippen molar-refractivity contribution in [3.05, 3.63) is 146 Å². The van der Waals surface area contributed by atoms with Crippen LogP contribution < -0.4 is 0 Å². The third kappa shape index (κ3) is 5.80. The average Bonchev–Trinajstić information content (AvgIpc) is 2.95. The Morgan fingerprint density at radius 2 is 1.80 bits per heavy atom. The molecule has 2 heteroatoms. The number of allylic oxidation sites excluding steroid dienone is 11. The Bertz CT molecular complexity index is 1670. The van der Waals surface area contributed by atoms with Crippen LogP contribution in [0.4, 0.5) is 0 Å². The van der Waals surface area contributed by atoms with Gasteiger partial charge in [0.15, 0.2) is 0 Å². The highest BCUT2D eigenvalue weighted by atomic mass is 127. The van der Waals surface area contributed by atoms with Crippen molar-refractivity contribution in [1.82, 2.24) is 0 Å². The molecule has 3 aliphatic carbocycles. The maximum Gasteiger partial charge on any atom is 0.0240 e. The van der Waals surface area contributed by atoms with E-state index in [2.05, 4.69) is 162 Å². The molecule has 0 nitrogen and oxygen atoms in total. The Balaban J connectivity index is 1.34. The molecule has 0 aliphatic heterocycles. The Morgan fingerprint density at radius 1 is 0.900 bits per heavy atom. The fourth-order valence-corrected chi connectivity index (χ4v) is 8.05. The third-order valence-corrected chi connectivity index (χ3v) is 10.6. The van der Waals surface area contributed by atoms with Crippen molar-refractivity contribution in [3.63, 3.8) is 0 Å². The molecule has 0 heterocycles. The fraction of sp³-hybridized carbons (Fsp3) is 0.211. The summed E-state index contributed by atoms with van der Waals surface area (Å²) >= 11 is 5.04. The van der Waals surface area contributed by atoms with Gasteiger partial charge in [0.2, 0.25) is 0 Å². The molecule has 0 spiro atoms. The second kappa shape index (κ2) is 12.2. The molecule has 0 bridgehead atoms. The normalized spacial score (nSPS) is 24.8. The van der Waals surface area contributed by atoms with Crippen LogP contribution in [-0.2, 0) is 12.8 Å². The number of benzene rings is 3. The van der Waals surface area contributed by atoms with E-state index in [0.29, 0.717) is 11.8 Å². The number of aryl methyl sites for hydroxylation is 1. The molecule has 0 fully saturated rings. The summed E-state index contributed by atoms with van der Waals surface area (Å²) in [6.45, 7) is 6.53. The molecule has 3 aliphatic rings. The van der Waals surface area contributed by atoms with Gasteiger partial charge < -0.3 is 0 Å². The molecule has 200 valence electrons. The van der Waals surface area contributed by atoms with E-state index in [1.165, 1.54) is 63.3 Å². The molecule has 0 radical (unpaired) electrons. The van der Waals surface area contributed by atoms with Gasteiger partial charge in [0.05, 0.1) is 0 Å². The van der Waals surface area contributed by atoms with Crippen LogP contribution in [0.25, 0.3) is 26.0 Å². The molecule has 2 atom stereocenters.